The van der Waals surface area contributed by atoms with Gasteiger partial charge in [0.05, 0.1) is 5.69 Å². The number of amidine groups is 1. The molecular formula is C25H34F6N2NiP2. The van der Waals surface area contributed by atoms with Gasteiger partial charge < -0.3 is 0 Å². The van der Waals surface area contributed by atoms with E-state index in [0.29, 0.717) is 27.0 Å². The van der Waals surface area contributed by atoms with Gasteiger partial charge in [-0.05, 0) is 71.9 Å². The van der Waals surface area contributed by atoms with Gasteiger partial charge in [0.2, 0.25) is 5.71 Å². The predicted molar refractivity (Wildman–Crippen MR) is 142 cm³/mol. The SMILES string of the molecule is CP(C)C.CP(C)C.Cc1cc(C)c(N=C(N=C(C(F)(F)F)C(F)(F)F)c2ccccc2)c(C)c1.[Ni]. The van der Waals surface area contributed by atoms with Crippen LogP contribution in [0, 0.1) is 20.8 Å². The van der Waals surface area contributed by atoms with Crippen molar-refractivity contribution >= 4 is 33.1 Å². The Morgan fingerprint density at radius 3 is 1.39 bits per heavy atom. The molecule has 0 N–H and O–H groups in total. The zero-order valence-electron chi connectivity index (χ0n) is 21.9. The second-order valence-corrected chi connectivity index (χ2v) is 14.1. The maximum absolute atomic E-state index is 12.9. The van der Waals surface area contributed by atoms with Gasteiger partial charge in [-0.1, -0.05) is 48.0 Å². The molecule has 0 fully saturated rings. The number of hydrogen-bond donors (Lipinski definition) is 0. The van der Waals surface area contributed by atoms with Crippen LogP contribution >= 0.6 is 15.8 Å². The molecule has 0 unspecified atom stereocenters. The number of benzene rings is 2. The predicted octanol–water partition coefficient (Wildman–Crippen LogP) is 8.97. The Labute approximate surface area is 223 Å². The topological polar surface area (TPSA) is 24.7 Å². The average molecular weight is 597 g/mol. The molecule has 0 bridgehead atoms. The van der Waals surface area contributed by atoms with Gasteiger partial charge in [0.15, 0.2) is 5.84 Å². The van der Waals surface area contributed by atoms with Crippen LogP contribution < -0.4 is 0 Å². The Morgan fingerprint density at radius 1 is 0.694 bits per heavy atom. The van der Waals surface area contributed by atoms with Gasteiger partial charge in [-0.3, -0.25) is 0 Å². The molecule has 0 aliphatic heterocycles. The van der Waals surface area contributed by atoms with Crippen LogP contribution in [0.3, 0.4) is 0 Å². The summed E-state index contributed by atoms with van der Waals surface area (Å²) in [7, 11) is 0.759. The Morgan fingerprint density at radius 2 is 1.06 bits per heavy atom. The fraction of sp³-hybridized carbons (Fsp3) is 0.440. The normalized spacial score (nSPS) is 11.6. The van der Waals surface area contributed by atoms with Gasteiger partial charge in [-0.25, -0.2) is 9.98 Å². The van der Waals surface area contributed by atoms with Crippen molar-refractivity contribution < 1.29 is 42.8 Å². The van der Waals surface area contributed by atoms with Gasteiger partial charge >= 0.3 is 12.4 Å². The van der Waals surface area contributed by atoms with Crippen molar-refractivity contribution in [2.24, 2.45) is 9.98 Å². The number of halogens is 6. The molecule has 2 aromatic rings. The molecule has 0 spiro atoms. The van der Waals surface area contributed by atoms with Crippen molar-refractivity contribution in [3.63, 3.8) is 0 Å². The van der Waals surface area contributed by atoms with Crippen molar-refractivity contribution in [1.29, 1.82) is 0 Å². The molecule has 2 aromatic carbocycles. The van der Waals surface area contributed by atoms with E-state index in [1.54, 1.807) is 32.0 Å². The number of hydrogen-bond acceptors (Lipinski definition) is 1. The largest absolute Gasteiger partial charge is 0.438 e. The maximum atomic E-state index is 12.9. The van der Waals surface area contributed by atoms with Gasteiger partial charge in [-0.2, -0.15) is 26.3 Å². The summed E-state index contributed by atoms with van der Waals surface area (Å²) in [6.07, 6.45) is -11.3. The van der Waals surface area contributed by atoms with E-state index in [1.165, 1.54) is 24.3 Å². The zero-order chi connectivity index (χ0) is 27.6. The average Bonchev–Trinajstić information content (AvgIpc) is 2.64. The van der Waals surface area contributed by atoms with Crippen LogP contribution in [0.5, 0.6) is 0 Å². The van der Waals surface area contributed by atoms with Crippen molar-refractivity contribution in [3.8, 4) is 0 Å². The third-order valence-corrected chi connectivity index (χ3v) is 3.64. The second kappa shape index (κ2) is 16.5. The molecule has 0 radical (unpaired) electrons. The van der Waals surface area contributed by atoms with E-state index in [4.69, 9.17) is 0 Å². The Hall–Kier alpha value is -1.29. The van der Waals surface area contributed by atoms with Crippen LogP contribution in [-0.4, -0.2) is 63.9 Å². The molecule has 0 aliphatic rings. The standard InChI is InChI=1S/C19H16F6N2.2C3H9P.Ni/c1-11-9-12(2)15(13(3)10-11)26-16(14-7-5-4-6-8-14)27-17(18(20,21)22)19(23,24)25;2*1-4(2)3;/h4-10H,1-3H3;2*1-3H3;. The molecule has 0 aromatic heterocycles. The fourth-order valence-corrected chi connectivity index (χ4v) is 2.59. The third kappa shape index (κ3) is 15.1. The van der Waals surface area contributed by atoms with E-state index in [2.05, 4.69) is 50.0 Å². The van der Waals surface area contributed by atoms with E-state index in [1.807, 2.05) is 6.92 Å². The fourth-order valence-electron chi connectivity index (χ4n) is 2.59. The summed E-state index contributed by atoms with van der Waals surface area (Å²) < 4.78 is 77.6. The molecule has 0 saturated carbocycles. The molecule has 36 heavy (non-hydrogen) atoms. The van der Waals surface area contributed by atoms with Crippen LogP contribution in [-0.2, 0) is 16.5 Å². The molecule has 0 aliphatic carbocycles. The van der Waals surface area contributed by atoms with Crippen LogP contribution in [0.1, 0.15) is 22.3 Å². The first-order valence-corrected chi connectivity index (χ1v) is 15.9. The van der Waals surface area contributed by atoms with Crippen LogP contribution in [0.15, 0.2) is 52.4 Å². The Kier molecular flexibility index (Phi) is 16.9. The monoisotopic (exact) mass is 596 g/mol. The molecule has 206 valence electrons. The number of aliphatic imine (C=N–C) groups is 2. The Bertz CT molecular complexity index is 936. The van der Waals surface area contributed by atoms with E-state index >= 15 is 0 Å². The number of nitrogens with zero attached hydrogens (tertiary/aromatic N) is 2. The van der Waals surface area contributed by atoms with Crippen molar-refractivity contribution in [2.75, 3.05) is 40.0 Å². The molecule has 0 atom stereocenters. The van der Waals surface area contributed by atoms with Gasteiger partial charge in [0, 0.05) is 22.1 Å². The second-order valence-electron chi connectivity index (χ2n) is 8.69. The van der Waals surface area contributed by atoms with Gasteiger partial charge in [0.25, 0.3) is 0 Å². The minimum atomic E-state index is -5.66. The van der Waals surface area contributed by atoms with Crippen molar-refractivity contribution in [1.82, 2.24) is 0 Å². The van der Waals surface area contributed by atoms with Gasteiger partial charge in [-0.15, -0.1) is 15.8 Å². The zero-order valence-corrected chi connectivity index (χ0v) is 24.7. The summed E-state index contributed by atoms with van der Waals surface area (Å²) in [6.45, 7) is 18.6. The summed E-state index contributed by atoms with van der Waals surface area (Å²) in [4.78, 5) is 6.97. The first-order valence-electron chi connectivity index (χ1n) is 10.5. The third-order valence-electron chi connectivity index (χ3n) is 3.64. The molecule has 11 heteroatoms. The molecule has 0 saturated heterocycles. The quantitative estimate of drug-likeness (QED) is 0.109. The van der Waals surface area contributed by atoms with Crippen LogP contribution in [0.25, 0.3) is 0 Å². The van der Waals surface area contributed by atoms with Crippen LogP contribution in [0.2, 0.25) is 0 Å². The molecule has 0 heterocycles. The van der Waals surface area contributed by atoms with Crippen molar-refractivity contribution in [3.05, 3.63) is 64.7 Å². The molecule has 0 amide bonds. The minimum Gasteiger partial charge on any atom is -0.228 e. The number of aryl methyl sites for hydroxylation is 3. The summed E-state index contributed by atoms with van der Waals surface area (Å²) in [6, 6.07) is 10.7. The summed E-state index contributed by atoms with van der Waals surface area (Å²) in [5.74, 6) is -0.657. The van der Waals surface area contributed by atoms with E-state index in [9.17, 15) is 26.3 Å². The molecular weight excluding hydrogens is 563 g/mol. The Balaban J connectivity index is 0. The van der Waals surface area contributed by atoms with E-state index in [0.717, 1.165) is 5.56 Å². The van der Waals surface area contributed by atoms with Crippen molar-refractivity contribution in [2.45, 2.75) is 33.1 Å². The summed E-state index contributed by atoms with van der Waals surface area (Å²) in [5, 5.41) is 0. The van der Waals surface area contributed by atoms with E-state index in [-0.39, 0.29) is 27.7 Å². The number of rotatable bonds is 2. The summed E-state index contributed by atoms with van der Waals surface area (Å²) >= 11 is 0. The van der Waals surface area contributed by atoms with Crippen LogP contribution in [0.4, 0.5) is 32.0 Å². The first-order chi connectivity index (χ1) is 15.9. The number of alkyl halides is 6. The van der Waals surface area contributed by atoms with E-state index < -0.39 is 23.9 Å². The minimum absolute atomic E-state index is 0. The molecule has 2 rings (SSSR count). The first kappa shape index (κ1) is 36.9. The van der Waals surface area contributed by atoms with Gasteiger partial charge in [0.1, 0.15) is 0 Å². The smallest absolute Gasteiger partial charge is 0.228 e. The maximum Gasteiger partial charge on any atom is 0.438 e. The summed E-state index contributed by atoms with van der Waals surface area (Å²) in [5.41, 5.74) is -0.372. The molecule has 2 nitrogen and oxygen atoms in total.